The van der Waals surface area contributed by atoms with Crippen molar-refractivity contribution in [3.63, 3.8) is 0 Å². The number of hydrogen-bond donors (Lipinski definition) is 3. The van der Waals surface area contributed by atoms with E-state index in [0.717, 1.165) is 0 Å². The number of aliphatic hydroxyl groups excluding tert-OH is 1. The van der Waals surface area contributed by atoms with Crippen LogP contribution in [0.15, 0.2) is 11.1 Å². The van der Waals surface area contributed by atoms with Gasteiger partial charge in [-0.3, -0.25) is 24.5 Å². The average molecular weight is 466 g/mol. The third kappa shape index (κ3) is 4.52. The Kier molecular flexibility index (Phi) is 6.67. The van der Waals surface area contributed by atoms with Crippen LogP contribution in [0.4, 0.5) is 5.95 Å². The highest BCUT2D eigenvalue weighted by molar-refractivity contribution is 6.74. The van der Waals surface area contributed by atoms with Gasteiger partial charge in [0.2, 0.25) is 11.9 Å². The molecule has 0 saturated carbocycles. The fourth-order valence-electron chi connectivity index (χ4n) is 3.40. The van der Waals surface area contributed by atoms with Gasteiger partial charge >= 0.3 is 0 Å². The van der Waals surface area contributed by atoms with E-state index >= 15 is 0 Å². The summed E-state index contributed by atoms with van der Waals surface area (Å²) in [5.74, 6) is -0.565. The van der Waals surface area contributed by atoms with Gasteiger partial charge in [0.15, 0.2) is 25.7 Å². The van der Waals surface area contributed by atoms with Crippen LogP contribution >= 0.6 is 0 Å². The van der Waals surface area contributed by atoms with Crippen molar-refractivity contribution in [1.82, 2.24) is 19.5 Å². The topological polar surface area (TPSA) is 131 Å². The zero-order chi connectivity index (χ0) is 24.0. The molecule has 2 aromatic rings. The van der Waals surface area contributed by atoms with Crippen molar-refractivity contribution < 1.29 is 19.1 Å². The van der Waals surface area contributed by atoms with E-state index in [0.29, 0.717) is 0 Å². The van der Waals surface area contributed by atoms with Crippen LogP contribution in [-0.2, 0) is 14.0 Å². The zero-order valence-electron chi connectivity index (χ0n) is 20.1. The number of carbonyl (C=O) groups is 1. The molecule has 4 atom stereocenters. The summed E-state index contributed by atoms with van der Waals surface area (Å²) in [7, 11) is -2.17. The molecule has 1 saturated heterocycles. The fourth-order valence-corrected chi connectivity index (χ4v) is 4.76. The average Bonchev–Trinajstić information content (AvgIpc) is 3.22. The number of imidazole rings is 1. The van der Waals surface area contributed by atoms with Crippen molar-refractivity contribution in [1.29, 1.82) is 0 Å². The second-order valence-electron chi connectivity index (χ2n) is 10.3. The number of rotatable bonds is 6. The summed E-state index contributed by atoms with van der Waals surface area (Å²) >= 11 is 0. The number of aliphatic hydroxyl groups is 1. The van der Waals surface area contributed by atoms with Crippen molar-refractivity contribution in [2.45, 2.75) is 78.1 Å². The van der Waals surface area contributed by atoms with E-state index in [1.807, 2.05) is 6.92 Å². The molecule has 0 bridgehead atoms. The lowest BCUT2D eigenvalue weighted by atomic mass is 10.0. The van der Waals surface area contributed by atoms with Gasteiger partial charge in [-0.1, -0.05) is 41.5 Å². The van der Waals surface area contributed by atoms with Crippen molar-refractivity contribution in [2.75, 3.05) is 11.9 Å². The highest BCUT2D eigenvalue weighted by Crippen LogP contribution is 2.44. The number of anilines is 1. The molecule has 2 aromatic heterocycles. The third-order valence-electron chi connectivity index (χ3n) is 6.59. The predicted molar refractivity (Wildman–Crippen MR) is 124 cm³/mol. The fraction of sp³-hybridized carbons (Fsp3) is 0.714. The molecule has 178 valence electrons. The number of amides is 1. The first-order valence-electron chi connectivity index (χ1n) is 11.0. The standard InChI is InChI=1S/C21H35N5O5Si/c1-11(2)17(28)24-20-23-16-14(18(29)25-20)22-10-26(16)19-15(12(3)13(9-27)30-19)31-32(7,8)21(4,5)6/h10-13,15,19,27H,9H2,1-8H3,(H2,23,24,25,28,29)/t12-,13-,15-,19-/m1/s1. The Morgan fingerprint density at radius 2 is 2.06 bits per heavy atom. The number of carbonyl (C=O) groups excluding carboxylic acids is 1. The highest BCUT2D eigenvalue weighted by atomic mass is 28.4. The summed E-state index contributed by atoms with van der Waals surface area (Å²) < 4.78 is 14.6. The Labute approximate surface area is 188 Å². The largest absolute Gasteiger partial charge is 0.409 e. The first-order valence-corrected chi connectivity index (χ1v) is 13.9. The van der Waals surface area contributed by atoms with Crippen molar-refractivity contribution >= 4 is 31.3 Å². The highest BCUT2D eigenvalue weighted by Gasteiger charge is 2.49. The minimum absolute atomic E-state index is 0.0186. The number of hydrogen-bond acceptors (Lipinski definition) is 7. The predicted octanol–water partition coefficient (Wildman–Crippen LogP) is 2.63. The van der Waals surface area contributed by atoms with Crippen LogP contribution in [0.1, 0.15) is 47.8 Å². The lowest BCUT2D eigenvalue weighted by molar-refractivity contribution is -0.118. The van der Waals surface area contributed by atoms with Gasteiger partial charge < -0.3 is 14.3 Å². The molecule has 3 rings (SSSR count). The molecule has 0 radical (unpaired) electrons. The second-order valence-corrected chi connectivity index (χ2v) is 15.1. The molecule has 32 heavy (non-hydrogen) atoms. The van der Waals surface area contributed by atoms with Crippen LogP contribution in [0.2, 0.25) is 18.1 Å². The molecule has 0 unspecified atom stereocenters. The smallest absolute Gasteiger partial charge is 0.280 e. The van der Waals surface area contributed by atoms with Crippen LogP contribution in [0.25, 0.3) is 11.2 Å². The molecular weight excluding hydrogens is 430 g/mol. The number of aromatic nitrogens is 4. The lowest BCUT2D eigenvalue weighted by Crippen LogP contribution is -2.46. The maximum absolute atomic E-state index is 12.6. The summed E-state index contributed by atoms with van der Waals surface area (Å²) in [6.45, 7) is 16.2. The first-order chi connectivity index (χ1) is 14.8. The van der Waals surface area contributed by atoms with E-state index in [-0.39, 0.29) is 52.6 Å². The zero-order valence-corrected chi connectivity index (χ0v) is 21.1. The molecule has 3 heterocycles. The molecule has 3 N–H and O–H groups in total. The van der Waals surface area contributed by atoms with E-state index in [4.69, 9.17) is 9.16 Å². The van der Waals surface area contributed by atoms with Gasteiger partial charge in [-0.05, 0) is 18.1 Å². The van der Waals surface area contributed by atoms with Gasteiger partial charge in [0.1, 0.15) is 0 Å². The summed E-state index contributed by atoms with van der Waals surface area (Å²) in [5.41, 5.74) is -0.0332. The van der Waals surface area contributed by atoms with Crippen LogP contribution in [-0.4, -0.2) is 57.7 Å². The van der Waals surface area contributed by atoms with Crippen LogP contribution < -0.4 is 10.9 Å². The van der Waals surface area contributed by atoms with Crippen LogP contribution in [0.3, 0.4) is 0 Å². The van der Waals surface area contributed by atoms with Gasteiger partial charge in [-0.2, -0.15) is 4.98 Å². The molecule has 11 heteroatoms. The Bertz CT molecular complexity index is 1040. The number of aromatic amines is 1. The van der Waals surface area contributed by atoms with E-state index in [2.05, 4.69) is 54.1 Å². The van der Waals surface area contributed by atoms with Gasteiger partial charge in [0.25, 0.3) is 5.56 Å². The summed E-state index contributed by atoms with van der Waals surface area (Å²) in [5, 5.41) is 12.5. The van der Waals surface area contributed by atoms with Gasteiger partial charge in [-0.15, -0.1) is 0 Å². The quantitative estimate of drug-likeness (QED) is 0.559. The van der Waals surface area contributed by atoms with Crippen molar-refractivity contribution in [2.24, 2.45) is 11.8 Å². The van der Waals surface area contributed by atoms with Crippen LogP contribution in [0.5, 0.6) is 0 Å². The Morgan fingerprint density at radius 3 is 2.62 bits per heavy atom. The Morgan fingerprint density at radius 1 is 1.41 bits per heavy atom. The van der Waals surface area contributed by atoms with Gasteiger partial charge in [-0.25, -0.2) is 4.98 Å². The SMILES string of the molecule is CC(C)C(=O)Nc1nc2c(ncn2[C@@H]2O[C@H](CO)[C@@H](C)[C@H]2O[Si](C)(C)C(C)(C)C)c(=O)[nH]1. The molecule has 1 fully saturated rings. The number of ether oxygens (including phenoxy) is 1. The third-order valence-corrected chi connectivity index (χ3v) is 11.1. The summed E-state index contributed by atoms with van der Waals surface area (Å²) in [6, 6.07) is 0. The number of nitrogens with zero attached hydrogens (tertiary/aromatic N) is 3. The Balaban J connectivity index is 2.05. The maximum atomic E-state index is 12.6. The maximum Gasteiger partial charge on any atom is 0.280 e. The van der Waals surface area contributed by atoms with Gasteiger partial charge in [0, 0.05) is 11.8 Å². The van der Waals surface area contributed by atoms with Crippen molar-refractivity contribution in [3.05, 3.63) is 16.7 Å². The molecule has 0 aliphatic carbocycles. The number of nitrogens with one attached hydrogen (secondary N) is 2. The van der Waals surface area contributed by atoms with E-state index in [1.165, 1.54) is 6.33 Å². The Hall–Kier alpha value is -2.08. The molecule has 1 aliphatic rings. The van der Waals surface area contributed by atoms with E-state index in [1.54, 1.807) is 18.4 Å². The minimum atomic E-state index is -2.17. The molecule has 1 aliphatic heterocycles. The van der Waals surface area contributed by atoms with Crippen molar-refractivity contribution in [3.8, 4) is 0 Å². The normalized spacial score (nSPS) is 24.4. The molecule has 10 nitrogen and oxygen atoms in total. The minimum Gasteiger partial charge on any atom is -0.409 e. The van der Waals surface area contributed by atoms with E-state index < -0.39 is 26.2 Å². The van der Waals surface area contributed by atoms with Crippen LogP contribution in [0, 0.1) is 11.8 Å². The van der Waals surface area contributed by atoms with E-state index in [9.17, 15) is 14.7 Å². The second kappa shape index (κ2) is 8.69. The molecule has 0 spiro atoms. The molecular formula is C21H35N5O5Si. The monoisotopic (exact) mass is 465 g/mol. The molecule has 0 aromatic carbocycles. The summed E-state index contributed by atoms with van der Waals surface area (Å²) in [6.07, 6.45) is 0.0962. The first kappa shape index (κ1) is 24.6. The van der Waals surface area contributed by atoms with Gasteiger partial charge in [0.05, 0.1) is 25.1 Å². The summed E-state index contributed by atoms with van der Waals surface area (Å²) in [4.78, 5) is 35.9. The molecule has 1 amide bonds. The number of fused-ring (bicyclic) bond motifs is 1. The number of H-pyrrole nitrogens is 1. The lowest BCUT2D eigenvalue weighted by Gasteiger charge is -2.40.